The van der Waals surface area contributed by atoms with Crippen LogP contribution in [0, 0.1) is 0 Å². The van der Waals surface area contributed by atoms with Gasteiger partial charge in [0.15, 0.2) is 0 Å². The van der Waals surface area contributed by atoms with Crippen LogP contribution in [-0.2, 0) is 9.59 Å². The number of anilines is 3. The number of primary amides is 1. The molecule has 7 heteroatoms. The summed E-state index contributed by atoms with van der Waals surface area (Å²) in [6, 6.07) is 13.1. The lowest BCUT2D eigenvalue weighted by Gasteiger charge is -2.09. The fourth-order valence-corrected chi connectivity index (χ4v) is 2.04. The van der Waals surface area contributed by atoms with Gasteiger partial charge in [0.25, 0.3) is 5.91 Å². The molecule has 0 aliphatic rings. The van der Waals surface area contributed by atoms with Gasteiger partial charge in [-0.1, -0.05) is 12.1 Å². The van der Waals surface area contributed by atoms with E-state index in [1.54, 1.807) is 42.5 Å². The van der Waals surface area contributed by atoms with Gasteiger partial charge in [-0.05, 0) is 36.4 Å². The number of hydrogen-bond donors (Lipinski definition) is 4. The Hall–Kier alpha value is -3.35. The predicted octanol–water partition coefficient (Wildman–Crippen LogP) is 1.73. The molecule has 2 aromatic rings. The Bertz CT molecular complexity index is 757. The second kappa shape index (κ2) is 7.77. The average molecular weight is 326 g/mol. The third kappa shape index (κ3) is 4.84. The lowest BCUT2D eigenvalue weighted by Crippen LogP contribution is -2.20. The van der Waals surface area contributed by atoms with Gasteiger partial charge >= 0.3 is 0 Å². The summed E-state index contributed by atoms with van der Waals surface area (Å²) in [6.45, 7) is 0. The zero-order valence-electron chi connectivity index (χ0n) is 12.9. The van der Waals surface area contributed by atoms with E-state index in [-0.39, 0.29) is 30.2 Å². The van der Waals surface area contributed by atoms with Crippen LogP contribution in [-0.4, -0.2) is 17.7 Å². The molecule has 0 bridgehead atoms. The molecule has 0 spiro atoms. The summed E-state index contributed by atoms with van der Waals surface area (Å²) in [5.74, 6) is -1.30. The van der Waals surface area contributed by atoms with Crippen molar-refractivity contribution in [1.82, 2.24) is 0 Å². The normalized spacial score (nSPS) is 10.0. The molecule has 124 valence electrons. The summed E-state index contributed by atoms with van der Waals surface area (Å²) in [5, 5.41) is 5.25. The molecule has 0 unspecified atom stereocenters. The second-order valence-electron chi connectivity index (χ2n) is 5.13. The molecule has 3 amide bonds. The van der Waals surface area contributed by atoms with E-state index in [1.807, 2.05) is 0 Å². The lowest BCUT2D eigenvalue weighted by atomic mass is 10.1. The van der Waals surface area contributed by atoms with Gasteiger partial charge in [0.1, 0.15) is 0 Å². The largest absolute Gasteiger partial charge is 0.399 e. The minimum atomic E-state index is -0.632. The van der Waals surface area contributed by atoms with Gasteiger partial charge in [0.2, 0.25) is 11.8 Å². The number of benzene rings is 2. The van der Waals surface area contributed by atoms with Crippen molar-refractivity contribution in [2.75, 3.05) is 16.4 Å². The van der Waals surface area contributed by atoms with Crippen molar-refractivity contribution in [1.29, 1.82) is 0 Å². The van der Waals surface area contributed by atoms with E-state index in [1.165, 1.54) is 6.07 Å². The molecule has 0 aliphatic carbocycles. The Balaban J connectivity index is 1.86. The van der Waals surface area contributed by atoms with Gasteiger partial charge in [-0.3, -0.25) is 14.4 Å². The van der Waals surface area contributed by atoms with Crippen LogP contribution in [0.5, 0.6) is 0 Å². The maximum absolute atomic E-state index is 11.9. The van der Waals surface area contributed by atoms with Crippen LogP contribution in [0.25, 0.3) is 0 Å². The van der Waals surface area contributed by atoms with Crippen LogP contribution in [0.1, 0.15) is 23.2 Å². The number of carbonyl (C=O) groups excluding carboxylic acids is 3. The number of hydrogen-bond acceptors (Lipinski definition) is 4. The molecule has 0 saturated carbocycles. The van der Waals surface area contributed by atoms with Crippen molar-refractivity contribution < 1.29 is 14.4 Å². The quantitative estimate of drug-likeness (QED) is 0.603. The van der Waals surface area contributed by atoms with Crippen molar-refractivity contribution in [3.63, 3.8) is 0 Å². The van der Waals surface area contributed by atoms with Crippen LogP contribution in [0.4, 0.5) is 17.1 Å². The average Bonchev–Trinajstić information content (AvgIpc) is 2.55. The molecule has 0 radical (unpaired) electrons. The molecule has 2 rings (SSSR count). The predicted molar refractivity (Wildman–Crippen MR) is 92.3 cm³/mol. The number of nitrogens with two attached hydrogens (primary N) is 2. The molecule has 0 aromatic heterocycles. The molecular formula is C17H18N4O3. The Labute approximate surface area is 139 Å². The summed E-state index contributed by atoms with van der Waals surface area (Å²) >= 11 is 0. The van der Waals surface area contributed by atoms with Gasteiger partial charge in [0, 0.05) is 24.2 Å². The zero-order chi connectivity index (χ0) is 17.5. The van der Waals surface area contributed by atoms with E-state index in [0.717, 1.165) is 0 Å². The number of carbonyl (C=O) groups is 3. The lowest BCUT2D eigenvalue weighted by molar-refractivity contribution is -0.121. The third-order valence-electron chi connectivity index (χ3n) is 3.24. The molecule has 0 heterocycles. The van der Waals surface area contributed by atoms with Crippen molar-refractivity contribution >= 4 is 34.8 Å². The van der Waals surface area contributed by atoms with Crippen molar-refractivity contribution in [3.8, 4) is 0 Å². The van der Waals surface area contributed by atoms with E-state index < -0.39 is 5.91 Å². The summed E-state index contributed by atoms with van der Waals surface area (Å²) in [7, 11) is 0. The Morgan fingerprint density at radius 2 is 1.42 bits per heavy atom. The fourth-order valence-electron chi connectivity index (χ4n) is 2.04. The second-order valence-corrected chi connectivity index (χ2v) is 5.13. The standard InChI is InChI=1S/C17H18N4O3/c18-11-5-7-12(8-6-11)20-15(22)9-10-16(23)21-14-4-2-1-3-13(14)17(19)24/h1-8H,9-10,18H2,(H2,19,24)(H,20,22)(H,21,23). The summed E-state index contributed by atoms with van der Waals surface area (Å²) in [6.07, 6.45) is -0.0111. The Morgan fingerprint density at radius 1 is 0.833 bits per heavy atom. The zero-order valence-corrected chi connectivity index (χ0v) is 12.9. The minimum Gasteiger partial charge on any atom is -0.399 e. The Morgan fingerprint density at radius 3 is 2.04 bits per heavy atom. The fraction of sp³-hybridized carbons (Fsp3) is 0.118. The van der Waals surface area contributed by atoms with Crippen LogP contribution < -0.4 is 22.1 Å². The van der Waals surface area contributed by atoms with Gasteiger partial charge in [-0.15, -0.1) is 0 Å². The number of rotatable bonds is 6. The Kier molecular flexibility index (Phi) is 5.51. The maximum atomic E-state index is 11.9. The van der Waals surface area contributed by atoms with E-state index >= 15 is 0 Å². The third-order valence-corrected chi connectivity index (χ3v) is 3.24. The van der Waals surface area contributed by atoms with Crippen molar-refractivity contribution in [2.45, 2.75) is 12.8 Å². The highest BCUT2D eigenvalue weighted by Gasteiger charge is 2.12. The number of nitrogens with one attached hydrogen (secondary N) is 2. The monoisotopic (exact) mass is 326 g/mol. The first-order chi connectivity index (χ1) is 11.5. The maximum Gasteiger partial charge on any atom is 0.250 e. The van der Waals surface area contributed by atoms with E-state index in [0.29, 0.717) is 17.1 Å². The molecule has 6 N–H and O–H groups in total. The minimum absolute atomic E-state index is 0.00888. The molecule has 2 aromatic carbocycles. The van der Waals surface area contributed by atoms with Crippen LogP contribution in [0.3, 0.4) is 0 Å². The highest BCUT2D eigenvalue weighted by molar-refractivity contribution is 6.03. The van der Waals surface area contributed by atoms with Gasteiger partial charge < -0.3 is 22.1 Å². The molecule has 7 nitrogen and oxygen atoms in total. The topological polar surface area (TPSA) is 127 Å². The summed E-state index contributed by atoms with van der Waals surface area (Å²) in [5.41, 5.74) is 12.6. The first-order valence-corrected chi connectivity index (χ1v) is 7.30. The summed E-state index contributed by atoms with van der Waals surface area (Å²) < 4.78 is 0. The van der Waals surface area contributed by atoms with Gasteiger partial charge in [0.05, 0.1) is 11.3 Å². The van der Waals surface area contributed by atoms with Crippen molar-refractivity contribution in [2.24, 2.45) is 5.73 Å². The SMILES string of the molecule is NC(=O)c1ccccc1NC(=O)CCC(=O)Nc1ccc(N)cc1. The highest BCUT2D eigenvalue weighted by Crippen LogP contribution is 2.15. The molecule has 24 heavy (non-hydrogen) atoms. The van der Waals surface area contributed by atoms with Crippen LogP contribution in [0.2, 0.25) is 0 Å². The molecule has 0 fully saturated rings. The first-order valence-electron chi connectivity index (χ1n) is 7.30. The van der Waals surface area contributed by atoms with E-state index in [4.69, 9.17) is 11.5 Å². The number of nitrogen functional groups attached to an aromatic ring is 1. The number of para-hydroxylation sites is 1. The highest BCUT2D eigenvalue weighted by atomic mass is 16.2. The molecule has 0 aliphatic heterocycles. The van der Waals surface area contributed by atoms with E-state index in [2.05, 4.69) is 10.6 Å². The molecule has 0 saturated heterocycles. The van der Waals surface area contributed by atoms with Gasteiger partial charge in [-0.25, -0.2) is 0 Å². The summed E-state index contributed by atoms with van der Waals surface area (Å²) in [4.78, 5) is 35.1. The van der Waals surface area contributed by atoms with E-state index in [9.17, 15) is 14.4 Å². The number of amides is 3. The molecule has 0 atom stereocenters. The van der Waals surface area contributed by atoms with Crippen LogP contribution in [0.15, 0.2) is 48.5 Å². The first kappa shape index (κ1) is 17.0. The van der Waals surface area contributed by atoms with Crippen molar-refractivity contribution in [3.05, 3.63) is 54.1 Å². The smallest absolute Gasteiger partial charge is 0.250 e. The van der Waals surface area contributed by atoms with Gasteiger partial charge in [-0.2, -0.15) is 0 Å². The molecular weight excluding hydrogens is 308 g/mol. The van der Waals surface area contributed by atoms with Crippen LogP contribution >= 0.6 is 0 Å².